The number of methoxy groups -OCH3 is 1. The van der Waals surface area contributed by atoms with Gasteiger partial charge in [-0.25, -0.2) is 4.79 Å². The van der Waals surface area contributed by atoms with Crippen LogP contribution in [0, 0.1) is 17.8 Å². The van der Waals surface area contributed by atoms with Crippen molar-refractivity contribution in [1.29, 1.82) is 0 Å². The Hall–Kier alpha value is -3.33. The molecule has 39 heavy (non-hydrogen) atoms. The predicted molar refractivity (Wildman–Crippen MR) is 149 cm³/mol. The van der Waals surface area contributed by atoms with Crippen molar-refractivity contribution in [3.8, 4) is 11.5 Å². The number of aliphatic hydroxyl groups is 1. The molecule has 0 saturated carbocycles. The van der Waals surface area contributed by atoms with Crippen LogP contribution in [0.4, 0.5) is 4.79 Å². The molecule has 1 aromatic heterocycles. The summed E-state index contributed by atoms with van der Waals surface area (Å²) in [7, 11) is 1.59. The number of aliphatic hydroxyl groups excluding tert-OH is 1. The van der Waals surface area contributed by atoms with Crippen LogP contribution in [0.15, 0.2) is 42.7 Å². The van der Waals surface area contributed by atoms with E-state index in [0.717, 1.165) is 11.1 Å². The maximum Gasteiger partial charge on any atom is 0.407 e. The molecule has 0 saturated heterocycles. The van der Waals surface area contributed by atoms with Gasteiger partial charge in [-0.1, -0.05) is 26.8 Å². The van der Waals surface area contributed by atoms with Gasteiger partial charge in [-0.2, -0.15) is 0 Å². The molecule has 3 N–H and O–H groups in total. The third-order valence-corrected chi connectivity index (χ3v) is 6.55. The minimum atomic E-state index is -1.06. The van der Waals surface area contributed by atoms with Crippen molar-refractivity contribution in [3.05, 3.63) is 53.9 Å². The summed E-state index contributed by atoms with van der Waals surface area (Å²) < 4.78 is 17.0. The van der Waals surface area contributed by atoms with Gasteiger partial charge in [-0.3, -0.25) is 9.78 Å². The van der Waals surface area contributed by atoms with Crippen LogP contribution >= 0.6 is 0 Å². The van der Waals surface area contributed by atoms with Gasteiger partial charge in [0.05, 0.1) is 25.2 Å². The topological polar surface area (TPSA) is 127 Å². The first-order valence-electron chi connectivity index (χ1n) is 13.4. The van der Waals surface area contributed by atoms with E-state index in [9.17, 15) is 19.8 Å². The largest absolute Gasteiger partial charge is 0.493 e. The third kappa shape index (κ3) is 11.1. The number of rotatable bonds is 14. The molecule has 4 atom stereocenters. The highest BCUT2D eigenvalue weighted by atomic mass is 16.6. The van der Waals surface area contributed by atoms with E-state index in [-0.39, 0.29) is 18.3 Å². The van der Waals surface area contributed by atoms with Gasteiger partial charge in [0.1, 0.15) is 12.2 Å². The molecular weight excluding hydrogens is 500 g/mol. The van der Waals surface area contributed by atoms with Gasteiger partial charge in [0, 0.05) is 12.4 Å². The molecule has 216 valence electrons. The molecule has 1 amide bonds. The van der Waals surface area contributed by atoms with E-state index in [4.69, 9.17) is 14.2 Å². The molecular formula is C30H44N2O7. The first-order chi connectivity index (χ1) is 18.3. The van der Waals surface area contributed by atoms with E-state index in [0.29, 0.717) is 30.9 Å². The fraction of sp³-hybridized carbons (Fsp3) is 0.567. The van der Waals surface area contributed by atoms with Crippen molar-refractivity contribution < 1.29 is 34.0 Å². The number of amides is 1. The molecule has 0 aliphatic rings. The minimum Gasteiger partial charge on any atom is -0.493 e. The molecule has 0 spiro atoms. The highest BCUT2D eigenvalue weighted by molar-refractivity contribution is 5.70. The molecule has 0 radical (unpaired) electrons. The number of alkyl carbamates (subject to hydrolysis) is 1. The Balaban J connectivity index is 2.23. The quantitative estimate of drug-likeness (QED) is 0.295. The zero-order valence-electron chi connectivity index (χ0n) is 24.1. The summed E-state index contributed by atoms with van der Waals surface area (Å²) in [6.45, 7) is 11.4. The standard InChI is InChI=1S/C30H44N2O7/c1-19(2)23(17-24(25(33)14-20(3)28(34)35)32-29(36)39-30(4,5)6)15-22-8-9-26(37-7)27(16-22)38-18-21-10-12-31-13-11-21/h8-13,16,19-20,23-25,33H,14-15,17-18H2,1-7H3,(H,32,36)(H,34,35)/t20-,23+,24+,25+/m1/s1. The van der Waals surface area contributed by atoms with Crippen molar-refractivity contribution in [2.24, 2.45) is 17.8 Å². The van der Waals surface area contributed by atoms with Gasteiger partial charge >= 0.3 is 12.1 Å². The van der Waals surface area contributed by atoms with Crippen LogP contribution in [0.3, 0.4) is 0 Å². The fourth-order valence-corrected chi connectivity index (χ4v) is 4.22. The first kappa shape index (κ1) is 31.9. The zero-order chi connectivity index (χ0) is 29.2. The van der Waals surface area contributed by atoms with E-state index in [1.165, 1.54) is 0 Å². The summed E-state index contributed by atoms with van der Waals surface area (Å²) >= 11 is 0. The average Bonchev–Trinajstić information content (AvgIpc) is 2.85. The molecule has 2 rings (SSSR count). The molecule has 9 nitrogen and oxygen atoms in total. The van der Waals surface area contributed by atoms with Crippen LogP contribution in [0.2, 0.25) is 0 Å². The Bertz CT molecular complexity index is 1050. The lowest BCUT2D eigenvalue weighted by Gasteiger charge is -2.32. The number of nitrogens with zero attached hydrogens (tertiary/aromatic N) is 1. The number of hydrogen-bond acceptors (Lipinski definition) is 7. The summed E-state index contributed by atoms with van der Waals surface area (Å²) in [5.74, 6) is -0.254. The van der Waals surface area contributed by atoms with E-state index in [1.54, 1.807) is 47.2 Å². The van der Waals surface area contributed by atoms with Gasteiger partial charge in [0.15, 0.2) is 11.5 Å². The molecule has 1 heterocycles. The molecule has 1 aromatic carbocycles. The molecule has 0 bridgehead atoms. The SMILES string of the molecule is COc1ccc(C[C@@H](C[C@H](NC(=O)OC(C)(C)C)[C@@H](O)C[C@@H](C)C(=O)O)C(C)C)cc1OCc1ccncc1. The summed E-state index contributed by atoms with van der Waals surface area (Å²) in [5, 5.41) is 23.1. The molecule has 0 aliphatic heterocycles. The number of pyridine rings is 1. The van der Waals surface area contributed by atoms with Crippen LogP contribution in [-0.2, 0) is 22.6 Å². The number of carboxylic acids is 1. The number of carboxylic acid groups (broad SMARTS) is 1. The zero-order valence-corrected chi connectivity index (χ0v) is 24.1. The molecule has 2 aromatic rings. The number of aromatic nitrogens is 1. The van der Waals surface area contributed by atoms with Crippen molar-refractivity contribution in [2.75, 3.05) is 7.11 Å². The molecule has 0 aliphatic carbocycles. The lowest BCUT2D eigenvalue weighted by Crippen LogP contribution is -2.47. The van der Waals surface area contributed by atoms with Crippen molar-refractivity contribution in [1.82, 2.24) is 10.3 Å². The van der Waals surface area contributed by atoms with E-state index in [1.807, 2.05) is 30.3 Å². The second-order valence-electron chi connectivity index (χ2n) is 11.4. The van der Waals surface area contributed by atoms with Crippen molar-refractivity contribution in [2.45, 2.75) is 85.2 Å². The van der Waals surface area contributed by atoms with Crippen LogP contribution < -0.4 is 14.8 Å². The van der Waals surface area contributed by atoms with Crippen LogP contribution in [0.5, 0.6) is 11.5 Å². The minimum absolute atomic E-state index is 0.0101. The maximum atomic E-state index is 12.6. The van der Waals surface area contributed by atoms with Crippen LogP contribution in [0.1, 0.15) is 65.5 Å². The lowest BCUT2D eigenvalue weighted by atomic mass is 9.82. The Morgan fingerprint density at radius 2 is 1.67 bits per heavy atom. The Morgan fingerprint density at radius 3 is 2.23 bits per heavy atom. The summed E-state index contributed by atoms with van der Waals surface area (Å²) in [6, 6.07) is 8.89. The second kappa shape index (κ2) is 14.7. The first-order valence-corrected chi connectivity index (χ1v) is 13.4. The van der Waals surface area contributed by atoms with E-state index < -0.39 is 35.7 Å². The number of aliphatic carboxylic acids is 1. The summed E-state index contributed by atoms with van der Waals surface area (Å²) in [4.78, 5) is 28.1. The predicted octanol–water partition coefficient (Wildman–Crippen LogP) is 5.24. The van der Waals surface area contributed by atoms with Crippen molar-refractivity contribution in [3.63, 3.8) is 0 Å². The molecule has 0 unspecified atom stereocenters. The Kier molecular flexibility index (Phi) is 12.0. The fourth-order valence-electron chi connectivity index (χ4n) is 4.22. The number of ether oxygens (including phenoxy) is 3. The van der Waals surface area contributed by atoms with Crippen LogP contribution in [0.25, 0.3) is 0 Å². The van der Waals surface area contributed by atoms with Crippen LogP contribution in [-0.4, -0.2) is 52.1 Å². The van der Waals surface area contributed by atoms with E-state index >= 15 is 0 Å². The van der Waals surface area contributed by atoms with Gasteiger partial charge in [0.2, 0.25) is 0 Å². The highest BCUT2D eigenvalue weighted by Crippen LogP contribution is 2.32. The summed E-state index contributed by atoms with van der Waals surface area (Å²) in [6.07, 6.45) is 2.83. The Labute approximate surface area is 231 Å². The maximum absolute atomic E-state index is 12.6. The van der Waals surface area contributed by atoms with Gasteiger partial charge < -0.3 is 29.7 Å². The number of carbonyl (C=O) groups is 2. The molecule has 9 heteroatoms. The Morgan fingerprint density at radius 1 is 1.00 bits per heavy atom. The molecule has 0 fully saturated rings. The number of nitrogens with one attached hydrogen (secondary N) is 1. The second-order valence-corrected chi connectivity index (χ2v) is 11.4. The highest BCUT2D eigenvalue weighted by Gasteiger charge is 2.31. The number of benzene rings is 1. The average molecular weight is 545 g/mol. The summed E-state index contributed by atoms with van der Waals surface area (Å²) in [5.41, 5.74) is 1.29. The number of carbonyl (C=O) groups excluding carboxylic acids is 1. The smallest absolute Gasteiger partial charge is 0.407 e. The number of hydrogen-bond donors (Lipinski definition) is 3. The van der Waals surface area contributed by atoms with Gasteiger partial charge in [-0.05, 0) is 87.3 Å². The normalized spacial score (nSPS) is 14.7. The monoisotopic (exact) mass is 544 g/mol. The van der Waals surface area contributed by atoms with E-state index in [2.05, 4.69) is 24.1 Å². The lowest BCUT2D eigenvalue weighted by molar-refractivity contribution is -0.142. The van der Waals surface area contributed by atoms with Gasteiger partial charge in [0.25, 0.3) is 0 Å². The van der Waals surface area contributed by atoms with Gasteiger partial charge in [-0.15, -0.1) is 0 Å². The third-order valence-electron chi connectivity index (χ3n) is 6.55. The van der Waals surface area contributed by atoms with Crippen molar-refractivity contribution >= 4 is 12.1 Å².